The first-order chi connectivity index (χ1) is 3.39. The van der Waals surface area contributed by atoms with Gasteiger partial charge in [0.15, 0.2) is 0 Å². The Hall–Kier alpha value is 0.110. The van der Waals surface area contributed by atoms with E-state index >= 15 is 0 Å². The van der Waals surface area contributed by atoms with Crippen LogP contribution in [0.1, 0.15) is 0 Å². The van der Waals surface area contributed by atoms with E-state index in [1.54, 1.807) is 0 Å². The molecule has 2 nitrogen and oxygen atoms in total. The van der Waals surface area contributed by atoms with E-state index in [0.29, 0.717) is 0 Å². The first kappa shape index (κ1) is 5.25. The molecule has 42 valence electrons. The average molecular weight is 120 g/mol. The Labute approximate surface area is 45.8 Å². The number of rotatable bonds is 0. The highest BCUT2D eigenvalue weighted by Gasteiger charge is 2.06. The van der Waals surface area contributed by atoms with Crippen LogP contribution in [0, 0.1) is 0 Å². The van der Waals surface area contributed by atoms with Crippen molar-refractivity contribution in [3.05, 3.63) is 0 Å². The molecule has 0 saturated carbocycles. The molecule has 0 aliphatic carbocycles. The van der Waals surface area contributed by atoms with Gasteiger partial charge in [-0.2, -0.15) is 0 Å². The van der Waals surface area contributed by atoms with Crippen LogP contribution in [-0.4, -0.2) is 28.8 Å². The fourth-order valence-electron chi connectivity index (χ4n) is 0.676. The number of hydrogen-bond donors (Lipinski definition) is 1. The Balaban J connectivity index is 2.25. The van der Waals surface area contributed by atoms with Crippen molar-refractivity contribution in [2.75, 3.05) is 24.6 Å². The average Bonchev–Trinajstić information content (AvgIpc) is 1.69. The summed E-state index contributed by atoms with van der Waals surface area (Å²) >= 11 is 0. The van der Waals surface area contributed by atoms with Gasteiger partial charge in [0.25, 0.3) is 0 Å². The normalized spacial score (nSPS) is 25.1. The fourth-order valence-corrected chi connectivity index (χ4v) is 1.74. The van der Waals surface area contributed by atoms with Crippen LogP contribution >= 0.6 is 0 Å². The Morgan fingerprint density at radius 3 is 2.14 bits per heavy atom. The quantitative estimate of drug-likeness (QED) is 0.407. The molecule has 3 heteroatoms. The van der Waals surface area contributed by atoms with Gasteiger partial charge in [-0.25, -0.2) is 0 Å². The summed E-state index contributed by atoms with van der Waals surface area (Å²) in [5, 5.41) is 2.21. The minimum atomic E-state index is -0.471. The van der Waals surface area contributed by atoms with E-state index in [4.69, 9.17) is 0 Å². The molecule has 0 spiro atoms. The zero-order valence-electron chi connectivity index (χ0n) is 4.22. The molecule has 0 atom stereocenters. The molecular weight excluding hydrogens is 110 g/mol. The van der Waals surface area contributed by atoms with Gasteiger partial charge in [-0.3, -0.25) is 4.21 Å². The molecule has 0 aromatic carbocycles. The first-order valence-corrected chi connectivity index (χ1v) is 4.05. The van der Waals surface area contributed by atoms with E-state index in [2.05, 4.69) is 5.32 Å². The van der Waals surface area contributed by atoms with Crippen molar-refractivity contribution in [2.24, 2.45) is 0 Å². The summed E-state index contributed by atoms with van der Waals surface area (Å²) < 4.78 is 10.6. The van der Waals surface area contributed by atoms with Crippen LogP contribution in [0.5, 0.6) is 0 Å². The van der Waals surface area contributed by atoms with Gasteiger partial charge in [0.1, 0.15) is 0 Å². The van der Waals surface area contributed by atoms with Crippen molar-refractivity contribution in [3.63, 3.8) is 0 Å². The van der Waals surface area contributed by atoms with Gasteiger partial charge >= 0.3 is 0 Å². The standard InChI is InChI=1S/C4H9NOS/c6-7-3-1-5-2-4-7/h5H,1-4H2/p+1. The third kappa shape index (κ3) is 1.57. The monoisotopic (exact) mass is 120 g/mol. The fraction of sp³-hybridized carbons (Fsp3) is 1.00. The van der Waals surface area contributed by atoms with Crippen molar-refractivity contribution < 1.29 is 9.53 Å². The molecule has 1 heterocycles. The van der Waals surface area contributed by atoms with E-state index in [-0.39, 0.29) is 0 Å². The molecule has 7 heavy (non-hydrogen) atoms. The molecule has 1 aliphatic heterocycles. The first-order valence-electron chi connectivity index (χ1n) is 2.56. The Morgan fingerprint density at radius 1 is 1.29 bits per heavy atom. The molecular formula is C4H10NOS+. The minimum Gasteiger partial charge on any atom is -0.345 e. The number of quaternary nitrogens is 1. The van der Waals surface area contributed by atoms with Crippen molar-refractivity contribution in [1.29, 1.82) is 0 Å². The van der Waals surface area contributed by atoms with Gasteiger partial charge in [0, 0.05) is 10.8 Å². The van der Waals surface area contributed by atoms with Gasteiger partial charge in [-0.05, 0) is 0 Å². The smallest absolute Gasteiger partial charge is 0.0872 e. The maximum absolute atomic E-state index is 10.6. The molecule has 2 N–H and O–H groups in total. The maximum Gasteiger partial charge on any atom is 0.0872 e. The molecule has 0 amide bonds. The van der Waals surface area contributed by atoms with E-state index in [9.17, 15) is 4.21 Å². The van der Waals surface area contributed by atoms with E-state index in [1.807, 2.05) is 0 Å². The van der Waals surface area contributed by atoms with Crippen molar-refractivity contribution in [3.8, 4) is 0 Å². The third-order valence-electron chi connectivity index (χ3n) is 1.10. The van der Waals surface area contributed by atoms with E-state index in [0.717, 1.165) is 24.6 Å². The number of nitrogens with two attached hydrogens (primary N) is 1. The van der Waals surface area contributed by atoms with Gasteiger partial charge in [-0.1, -0.05) is 0 Å². The molecule has 1 rings (SSSR count). The maximum atomic E-state index is 10.6. The van der Waals surface area contributed by atoms with Crippen LogP contribution < -0.4 is 5.32 Å². The lowest BCUT2D eigenvalue weighted by molar-refractivity contribution is -0.648. The summed E-state index contributed by atoms with van der Waals surface area (Å²) in [6.45, 7) is 2.12. The minimum absolute atomic E-state index is 0.471. The zero-order chi connectivity index (χ0) is 5.11. The predicted molar refractivity (Wildman–Crippen MR) is 29.5 cm³/mol. The lowest BCUT2D eigenvalue weighted by Gasteiger charge is -2.06. The summed E-state index contributed by atoms with van der Waals surface area (Å²) in [7, 11) is -0.471. The van der Waals surface area contributed by atoms with Crippen LogP contribution in [0.15, 0.2) is 0 Å². The molecule has 0 radical (unpaired) electrons. The van der Waals surface area contributed by atoms with Crippen LogP contribution in [-0.2, 0) is 10.8 Å². The lowest BCUT2D eigenvalue weighted by Crippen LogP contribution is -2.88. The highest BCUT2D eigenvalue weighted by Crippen LogP contribution is 1.78. The van der Waals surface area contributed by atoms with Gasteiger partial charge < -0.3 is 5.32 Å². The molecule has 0 aromatic heterocycles. The molecule has 0 bridgehead atoms. The van der Waals surface area contributed by atoms with Crippen molar-refractivity contribution in [2.45, 2.75) is 0 Å². The summed E-state index contributed by atoms with van der Waals surface area (Å²) in [5.74, 6) is 1.81. The highest BCUT2D eigenvalue weighted by molar-refractivity contribution is 7.85. The summed E-state index contributed by atoms with van der Waals surface area (Å²) in [6.07, 6.45) is 0. The summed E-state index contributed by atoms with van der Waals surface area (Å²) in [4.78, 5) is 0. The topological polar surface area (TPSA) is 33.7 Å². The molecule has 1 saturated heterocycles. The highest BCUT2D eigenvalue weighted by atomic mass is 32.2. The molecule has 1 fully saturated rings. The molecule has 0 unspecified atom stereocenters. The van der Waals surface area contributed by atoms with E-state index in [1.165, 1.54) is 0 Å². The second kappa shape index (κ2) is 2.43. The van der Waals surface area contributed by atoms with Crippen LogP contribution in [0.25, 0.3) is 0 Å². The number of hydrogen-bond acceptors (Lipinski definition) is 1. The zero-order valence-corrected chi connectivity index (χ0v) is 5.04. The lowest BCUT2D eigenvalue weighted by atomic mass is 10.6. The third-order valence-corrected chi connectivity index (χ3v) is 2.48. The summed E-state index contributed by atoms with van der Waals surface area (Å²) in [6, 6.07) is 0. The van der Waals surface area contributed by atoms with Gasteiger partial charge in [-0.15, -0.1) is 0 Å². The SMILES string of the molecule is O=S1CC[NH2+]CC1. The molecule has 0 aromatic rings. The largest absolute Gasteiger partial charge is 0.345 e. The molecule has 1 aliphatic rings. The van der Waals surface area contributed by atoms with Gasteiger partial charge in [0.05, 0.1) is 24.6 Å². The Kier molecular flexibility index (Phi) is 1.82. The van der Waals surface area contributed by atoms with Crippen LogP contribution in [0.3, 0.4) is 0 Å². The van der Waals surface area contributed by atoms with Crippen LogP contribution in [0.4, 0.5) is 0 Å². The van der Waals surface area contributed by atoms with Gasteiger partial charge in [0.2, 0.25) is 0 Å². The van der Waals surface area contributed by atoms with E-state index < -0.39 is 10.8 Å². The second-order valence-corrected chi connectivity index (χ2v) is 3.41. The second-order valence-electron chi connectivity index (χ2n) is 1.71. The van der Waals surface area contributed by atoms with Crippen molar-refractivity contribution >= 4 is 10.8 Å². The van der Waals surface area contributed by atoms with Crippen LogP contribution in [0.2, 0.25) is 0 Å². The summed E-state index contributed by atoms with van der Waals surface area (Å²) in [5.41, 5.74) is 0. The Morgan fingerprint density at radius 2 is 1.86 bits per heavy atom. The predicted octanol–water partition coefficient (Wildman–Crippen LogP) is -1.69. The Bertz CT molecular complexity index is 75.8. The van der Waals surface area contributed by atoms with Crippen molar-refractivity contribution in [1.82, 2.24) is 0 Å².